The van der Waals surface area contributed by atoms with Crippen LogP contribution in [0.25, 0.3) is 0 Å². The fraction of sp³-hybridized carbons (Fsp3) is 0.286. The molecule has 136 valence electrons. The van der Waals surface area contributed by atoms with Gasteiger partial charge >= 0.3 is 0 Å². The highest BCUT2D eigenvalue weighted by atomic mass is 32.2. The molecular weight excluding hydrogens is 342 g/mol. The number of aromatic nitrogens is 2. The molecule has 2 atom stereocenters. The van der Waals surface area contributed by atoms with E-state index in [2.05, 4.69) is 41.3 Å². The maximum Gasteiger partial charge on any atom is 0.102 e. The summed E-state index contributed by atoms with van der Waals surface area (Å²) in [6.07, 6.45) is 1.77. The highest BCUT2D eigenvalue weighted by Crippen LogP contribution is 2.27. The molecule has 1 heterocycles. The summed E-state index contributed by atoms with van der Waals surface area (Å²) in [5.74, 6) is 0.619. The minimum Gasteiger partial charge on any atom is -0.301 e. The quantitative estimate of drug-likeness (QED) is 0.612. The lowest BCUT2D eigenvalue weighted by Gasteiger charge is -2.21. The van der Waals surface area contributed by atoms with E-state index in [0.29, 0.717) is 5.75 Å². The van der Waals surface area contributed by atoms with Gasteiger partial charge in [0.2, 0.25) is 0 Å². The Kier molecular flexibility index (Phi) is 6.36. The molecule has 0 aliphatic carbocycles. The summed E-state index contributed by atoms with van der Waals surface area (Å²) in [5, 5.41) is 4.11. The maximum atomic E-state index is 13.2. The van der Waals surface area contributed by atoms with E-state index in [0.717, 1.165) is 24.3 Å². The number of aryl methyl sites for hydroxylation is 1. The third-order valence-electron chi connectivity index (χ3n) is 4.46. The summed E-state index contributed by atoms with van der Waals surface area (Å²) in [5.41, 5.74) is 3.33. The molecule has 0 spiro atoms. The van der Waals surface area contributed by atoms with Gasteiger partial charge < -0.3 is 4.90 Å². The third kappa shape index (κ3) is 4.68. The van der Waals surface area contributed by atoms with Crippen molar-refractivity contribution in [1.29, 1.82) is 0 Å². The third-order valence-corrected chi connectivity index (χ3v) is 6.09. The van der Waals surface area contributed by atoms with Gasteiger partial charge in [0.15, 0.2) is 0 Å². The number of benzene rings is 2. The fourth-order valence-corrected chi connectivity index (χ4v) is 4.75. The van der Waals surface area contributed by atoms with Crippen LogP contribution in [-0.4, -0.2) is 38.2 Å². The van der Waals surface area contributed by atoms with E-state index in [1.54, 1.807) is 6.20 Å². The van der Waals surface area contributed by atoms with Gasteiger partial charge in [-0.25, -0.2) is 0 Å². The van der Waals surface area contributed by atoms with Gasteiger partial charge in [0.25, 0.3) is 0 Å². The van der Waals surface area contributed by atoms with Crippen molar-refractivity contribution in [2.45, 2.75) is 11.8 Å². The van der Waals surface area contributed by atoms with Gasteiger partial charge in [0.05, 0.1) is 5.69 Å². The topological polar surface area (TPSA) is 38.1 Å². The molecular formula is C21H25N3OS. The minimum absolute atomic E-state index is 0.158. The fourth-order valence-electron chi connectivity index (χ4n) is 3.06. The van der Waals surface area contributed by atoms with E-state index in [-0.39, 0.29) is 5.25 Å². The average molecular weight is 368 g/mol. The number of rotatable bonds is 8. The van der Waals surface area contributed by atoms with Crippen molar-refractivity contribution >= 4 is 10.8 Å². The zero-order chi connectivity index (χ0) is 18.4. The summed E-state index contributed by atoms with van der Waals surface area (Å²) in [4.78, 5) is 2.22. The van der Waals surface area contributed by atoms with Gasteiger partial charge in [0, 0.05) is 42.9 Å². The van der Waals surface area contributed by atoms with Crippen molar-refractivity contribution in [2.24, 2.45) is 7.05 Å². The Morgan fingerprint density at radius 3 is 2.31 bits per heavy atom. The van der Waals surface area contributed by atoms with Crippen molar-refractivity contribution in [3.63, 3.8) is 0 Å². The van der Waals surface area contributed by atoms with Crippen LogP contribution < -0.4 is 0 Å². The van der Waals surface area contributed by atoms with Crippen LogP contribution >= 0.6 is 0 Å². The number of nitrogens with zero attached hydrogens (tertiary/aromatic N) is 3. The van der Waals surface area contributed by atoms with Crippen LogP contribution in [0.3, 0.4) is 0 Å². The van der Waals surface area contributed by atoms with Gasteiger partial charge in [-0.15, -0.1) is 0 Å². The molecule has 4 nitrogen and oxygen atoms in total. The predicted octanol–water partition coefficient (Wildman–Crippen LogP) is 3.39. The van der Waals surface area contributed by atoms with Crippen molar-refractivity contribution in [3.8, 4) is 0 Å². The van der Waals surface area contributed by atoms with Crippen LogP contribution in [0.1, 0.15) is 22.1 Å². The van der Waals surface area contributed by atoms with E-state index >= 15 is 0 Å². The van der Waals surface area contributed by atoms with Crippen molar-refractivity contribution < 1.29 is 4.21 Å². The van der Waals surface area contributed by atoms with E-state index in [9.17, 15) is 4.21 Å². The monoisotopic (exact) mass is 367 g/mol. The highest BCUT2D eigenvalue weighted by Gasteiger charge is 2.24. The Morgan fingerprint density at radius 1 is 1.04 bits per heavy atom. The molecule has 0 aliphatic rings. The normalized spacial score (nSPS) is 13.7. The highest BCUT2D eigenvalue weighted by molar-refractivity contribution is 7.85. The Balaban J connectivity index is 1.69. The second-order valence-corrected chi connectivity index (χ2v) is 8.12. The van der Waals surface area contributed by atoms with Crippen LogP contribution in [0, 0.1) is 0 Å². The van der Waals surface area contributed by atoms with Gasteiger partial charge in [-0.05, 0) is 24.2 Å². The molecule has 0 N–H and O–H groups in total. The zero-order valence-corrected chi connectivity index (χ0v) is 16.1. The maximum absolute atomic E-state index is 13.2. The molecule has 0 amide bonds. The second kappa shape index (κ2) is 8.92. The molecule has 0 bridgehead atoms. The van der Waals surface area contributed by atoms with Crippen LogP contribution in [0.4, 0.5) is 0 Å². The first kappa shape index (κ1) is 18.5. The summed E-state index contributed by atoms with van der Waals surface area (Å²) < 4.78 is 15.0. The van der Waals surface area contributed by atoms with Gasteiger partial charge in [0.1, 0.15) is 5.25 Å². The van der Waals surface area contributed by atoms with Crippen LogP contribution in [0.15, 0.2) is 72.9 Å². The molecule has 1 aromatic heterocycles. The lowest BCUT2D eigenvalue weighted by atomic mass is 10.1. The Hall–Kier alpha value is -2.24. The van der Waals surface area contributed by atoms with E-state index in [1.165, 1.54) is 5.56 Å². The van der Waals surface area contributed by atoms with Crippen molar-refractivity contribution in [1.82, 2.24) is 14.7 Å². The molecule has 2 aromatic carbocycles. The van der Waals surface area contributed by atoms with E-state index < -0.39 is 10.8 Å². The first-order chi connectivity index (χ1) is 12.6. The van der Waals surface area contributed by atoms with Crippen LogP contribution in [0.5, 0.6) is 0 Å². The summed E-state index contributed by atoms with van der Waals surface area (Å²) >= 11 is 0. The van der Waals surface area contributed by atoms with Gasteiger partial charge in [-0.3, -0.25) is 8.89 Å². The summed E-state index contributed by atoms with van der Waals surface area (Å²) in [7, 11) is 2.95. The van der Waals surface area contributed by atoms with Crippen molar-refractivity contribution in [2.75, 3.05) is 19.3 Å². The van der Waals surface area contributed by atoms with E-state index in [1.807, 2.05) is 54.2 Å². The molecule has 0 radical (unpaired) electrons. The molecule has 0 aliphatic heterocycles. The minimum atomic E-state index is -1.03. The average Bonchev–Trinajstić information content (AvgIpc) is 3.08. The van der Waals surface area contributed by atoms with Gasteiger partial charge in [-0.2, -0.15) is 5.10 Å². The molecule has 0 saturated heterocycles. The predicted molar refractivity (Wildman–Crippen MR) is 107 cm³/mol. The smallest absolute Gasteiger partial charge is 0.102 e. The molecule has 2 unspecified atom stereocenters. The van der Waals surface area contributed by atoms with Crippen LogP contribution in [-0.2, 0) is 24.4 Å². The second-order valence-electron chi connectivity index (χ2n) is 6.48. The number of hydrogen-bond acceptors (Lipinski definition) is 3. The molecule has 5 heteroatoms. The molecule has 3 rings (SSSR count). The molecule has 0 saturated carbocycles. The standard InChI is InChI=1S/C21H25N3OS/c1-23(17-18-9-5-3-6-10-18)15-16-26(25)21(19-11-7-4-8-12-19)20-13-14-22-24(20)2/h3-14,21H,15-17H2,1-2H3. The first-order valence-electron chi connectivity index (χ1n) is 8.77. The lowest BCUT2D eigenvalue weighted by Crippen LogP contribution is -2.26. The molecule has 26 heavy (non-hydrogen) atoms. The van der Waals surface area contributed by atoms with Crippen molar-refractivity contribution in [3.05, 3.63) is 89.7 Å². The number of hydrogen-bond donors (Lipinski definition) is 0. The zero-order valence-electron chi connectivity index (χ0n) is 15.3. The Morgan fingerprint density at radius 2 is 1.69 bits per heavy atom. The van der Waals surface area contributed by atoms with Crippen LogP contribution in [0.2, 0.25) is 0 Å². The largest absolute Gasteiger partial charge is 0.301 e. The van der Waals surface area contributed by atoms with E-state index in [4.69, 9.17) is 0 Å². The lowest BCUT2D eigenvalue weighted by molar-refractivity contribution is 0.347. The molecule has 3 aromatic rings. The van der Waals surface area contributed by atoms with Gasteiger partial charge in [-0.1, -0.05) is 60.7 Å². The summed E-state index contributed by atoms with van der Waals surface area (Å²) in [6, 6.07) is 22.4. The Bertz CT molecular complexity index is 833. The first-order valence-corrected chi connectivity index (χ1v) is 10.2. The SMILES string of the molecule is CN(CCS(=O)C(c1ccccc1)c1ccnn1C)Cc1ccccc1. The summed E-state index contributed by atoms with van der Waals surface area (Å²) in [6.45, 7) is 1.64. The Labute approximate surface area is 157 Å². The molecule has 0 fully saturated rings.